The van der Waals surface area contributed by atoms with Crippen molar-refractivity contribution in [3.8, 4) is 17.0 Å². The fourth-order valence-corrected chi connectivity index (χ4v) is 4.96. The number of halogens is 2. The van der Waals surface area contributed by atoms with Crippen molar-refractivity contribution in [2.45, 2.75) is 25.1 Å². The van der Waals surface area contributed by atoms with Crippen LogP contribution in [0.1, 0.15) is 24.4 Å². The van der Waals surface area contributed by atoms with Gasteiger partial charge in [-0.05, 0) is 49.7 Å². The number of carbonyl (C=O) groups is 1. The zero-order valence-corrected chi connectivity index (χ0v) is 22.6. The van der Waals surface area contributed by atoms with Gasteiger partial charge in [0.25, 0.3) is 0 Å². The van der Waals surface area contributed by atoms with Crippen molar-refractivity contribution in [2.75, 3.05) is 11.1 Å². The number of nitrogens with one attached hydrogen (secondary N) is 1. The van der Waals surface area contributed by atoms with Crippen LogP contribution in [0.2, 0.25) is 5.02 Å². The normalized spacial score (nSPS) is 11.9. The number of aromatic nitrogens is 4. The number of thioether (sulfide) groups is 1. The molecule has 2 aromatic heterocycles. The van der Waals surface area contributed by atoms with Gasteiger partial charge in [0.1, 0.15) is 5.75 Å². The highest BCUT2D eigenvalue weighted by atomic mass is 79.9. The second kappa shape index (κ2) is 10.9. The molecule has 4 aromatic rings. The van der Waals surface area contributed by atoms with Gasteiger partial charge in [-0.3, -0.25) is 4.79 Å². The Bertz CT molecular complexity index is 1310. The van der Waals surface area contributed by atoms with Crippen LogP contribution in [0.5, 0.6) is 5.75 Å². The maximum Gasteiger partial charge on any atom is 0.236 e. The molecular formula is C23H21BrClN5O2S2. The Kier molecular flexibility index (Phi) is 7.92. The fourth-order valence-electron chi connectivity index (χ4n) is 3.12. The van der Waals surface area contributed by atoms with Gasteiger partial charge in [-0.2, -0.15) is 0 Å². The summed E-state index contributed by atoms with van der Waals surface area (Å²) in [4.78, 5) is 17.0. The van der Waals surface area contributed by atoms with Crippen LogP contribution < -0.4 is 10.1 Å². The molecule has 11 heteroatoms. The molecule has 0 fully saturated rings. The summed E-state index contributed by atoms with van der Waals surface area (Å²) in [5.74, 6) is 1.39. The summed E-state index contributed by atoms with van der Waals surface area (Å²) < 4.78 is 8.84. The van der Waals surface area contributed by atoms with Gasteiger partial charge in [-0.15, -0.1) is 21.5 Å². The van der Waals surface area contributed by atoms with Crippen LogP contribution in [0.3, 0.4) is 0 Å². The highest BCUT2D eigenvalue weighted by Crippen LogP contribution is 2.28. The number of thiazole rings is 1. The van der Waals surface area contributed by atoms with Gasteiger partial charge in [-0.1, -0.05) is 51.4 Å². The minimum atomic E-state index is -0.325. The first-order chi connectivity index (χ1) is 16.3. The van der Waals surface area contributed by atoms with Crippen LogP contribution in [-0.4, -0.2) is 31.4 Å². The number of benzene rings is 2. The molecule has 0 saturated heterocycles. The zero-order chi connectivity index (χ0) is 24.2. The Hall–Kier alpha value is -2.40. The van der Waals surface area contributed by atoms with Crippen molar-refractivity contribution >= 4 is 61.7 Å². The first kappa shape index (κ1) is 24.7. The van der Waals surface area contributed by atoms with E-state index in [1.807, 2.05) is 67.2 Å². The Morgan fingerprint density at radius 3 is 2.76 bits per heavy atom. The minimum absolute atomic E-state index is 0.160. The molecule has 7 nitrogen and oxygen atoms in total. The van der Waals surface area contributed by atoms with Gasteiger partial charge < -0.3 is 14.6 Å². The maximum absolute atomic E-state index is 12.5. The van der Waals surface area contributed by atoms with Gasteiger partial charge in [-0.25, -0.2) is 4.98 Å². The van der Waals surface area contributed by atoms with Crippen molar-refractivity contribution in [3.63, 3.8) is 0 Å². The zero-order valence-electron chi connectivity index (χ0n) is 18.6. The molecule has 2 heterocycles. The van der Waals surface area contributed by atoms with E-state index in [1.54, 1.807) is 6.07 Å². The first-order valence-electron chi connectivity index (χ1n) is 10.3. The number of carbonyl (C=O) groups excluding carboxylic acids is 1. The Labute approximate surface area is 219 Å². The molecular weight excluding hydrogens is 558 g/mol. The lowest BCUT2D eigenvalue weighted by atomic mass is 10.2. The molecule has 176 valence electrons. The van der Waals surface area contributed by atoms with E-state index in [1.165, 1.54) is 23.1 Å². The summed E-state index contributed by atoms with van der Waals surface area (Å²) in [5.41, 5.74) is 2.75. The summed E-state index contributed by atoms with van der Waals surface area (Å²) in [5, 5.41) is 15.1. The van der Waals surface area contributed by atoms with Crippen molar-refractivity contribution in [1.82, 2.24) is 19.7 Å². The summed E-state index contributed by atoms with van der Waals surface area (Å²) in [6.45, 7) is 3.83. The van der Waals surface area contributed by atoms with Crippen LogP contribution in [-0.2, 0) is 11.8 Å². The second-order valence-corrected chi connectivity index (χ2v) is 10.6. The number of rotatable bonds is 8. The molecule has 1 amide bonds. The van der Waals surface area contributed by atoms with Crippen LogP contribution in [0, 0.1) is 6.92 Å². The van der Waals surface area contributed by atoms with Crippen molar-refractivity contribution in [3.05, 3.63) is 68.7 Å². The molecule has 4 rings (SSSR count). The number of anilines is 1. The topological polar surface area (TPSA) is 81.9 Å². The molecule has 34 heavy (non-hydrogen) atoms. The van der Waals surface area contributed by atoms with E-state index in [-0.39, 0.29) is 17.8 Å². The third-order valence-electron chi connectivity index (χ3n) is 4.90. The monoisotopic (exact) mass is 577 g/mol. The van der Waals surface area contributed by atoms with Crippen LogP contribution in [0.25, 0.3) is 11.3 Å². The molecule has 1 atom stereocenters. The first-order valence-corrected chi connectivity index (χ1v) is 13.3. The molecule has 0 aliphatic rings. The van der Waals surface area contributed by atoms with Crippen molar-refractivity contribution < 1.29 is 9.53 Å². The highest BCUT2D eigenvalue weighted by Gasteiger charge is 2.18. The summed E-state index contributed by atoms with van der Waals surface area (Å²) >= 11 is 12.2. The number of ether oxygens (including phenoxy) is 1. The predicted octanol–water partition coefficient (Wildman–Crippen LogP) is 6.53. The third kappa shape index (κ3) is 5.99. The van der Waals surface area contributed by atoms with E-state index >= 15 is 0 Å². The van der Waals surface area contributed by atoms with Crippen LogP contribution in [0.4, 0.5) is 5.13 Å². The highest BCUT2D eigenvalue weighted by molar-refractivity contribution is 9.10. The fraction of sp³-hybridized carbons (Fsp3) is 0.217. The van der Waals surface area contributed by atoms with Gasteiger partial charge >= 0.3 is 0 Å². The minimum Gasteiger partial charge on any atom is -0.483 e. The number of hydrogen-bond donors (Lipinski definition) is 1. The van der Waals surface area contributed by atoms with E-state index < -0.39 is 0 Å². The third-order valence-corrected chi connectivity index (χ3v) is 7.63. The van der Waals surface area contributed by atoms with Gasteiger partial charge in [0.05, 0.1) is 11.4 Å². The summed E-state index contributed by atoms with van der Waals surface area (Å²) in [6, 6.07) is 13.4. The van der Waals surface area contributed by atoms with E-state index in [4.69, 9.17) is 16.3 Å². The lowest BCUT2D eigenvalue weighted by Crippen LogP contribution is -2.14. The molecule has 0 aliphatic heterocycles. The Morgan fingerprint density at radius 2 is 2.03 bits per heavy atom. The molecule has 1 unspecified atom stereocenters. The Morgan fingerprint density at radius 1 is 1.26 bits per heavy atom. The average Bonchev–Trinajstić information content (AvgIpc) is 3.42. The van der Waals surface area contributed by atoms with E-state index in [0.717, 1.165) is 21.3 Å². The molecule has 0 saturated carbocycles. The largest absolute Gasteiger partial charge is 0.483 e. The number of nitrogens with zero attached hydrogens (tertiary/aromatic N) is 4. The van der Waals surface area contributed by atoms with E-state index in [2.05, 4.69) is 36.4 Å². The van der Waals surface area contributed by atoms with Crippen LogP contribution >= 0.6 is 50.6 Å². The van der Waals surface area contributed by atoms with Crippen molar-refractivity contribution in [1.29, 1.82) is 0 Å². The smallest absolute Gasteiger partial charge is 0.236 e. The lowest BCUT2D eigenvalue weighted by molar-refractivity contribution is -0.113. The molecule has 2 aromatic carbocycles. The maximum atomic E-state index is 12.5. The standard InChI is InChI=1S/C23H21BrClN5O2S2/c1-13-10-17(8-9-18(13)25)32-14(2)21-28-29-23(30(21)3)34-12-20(31)27-22-26-19(11-33-22)15-4-6-16(24)7-5-15/h4-11,14H,12H2,1-3H3,(H,26,27,31). The predicted molar refractivity (Wildman–Crippen MR) is 141 cm³/mol. The van der Waals surface area contributed by atoms with Gasteiger partial charge in [0.15, 0.2) is 22.2 Å². The lowest BCUT2D eigenvalue weighted by Gasteiger charge is -2.15. The van der Waals surface area contributed by atoms with Gasteiger partial charge in [0, 0.05) is 27.5 Å². The second-order valence-electron chi connectivity index (χ2n) is 7.45. The Balaban J connectivity index is 1.33. The molecule has 1 N–H and O–H groups in total. The molecule has 0 bridgehead atoms. The number of hydrogen-bond acceptors (Lipinski definition) is 7. The molecule has 0 spiro atoms. The summed E-state index contributed by atoms with van der Waals surface area (Å²) in [7, 11) is 1.86. The number of amides is 1. The van der Waals surface area contributed by atoms with E-state index in [9.17, 15) is 4.79 Å². The van der Waals surface area contributed by atoms with Gasteiger partial charge in [0.2, 0.25) is 5.91 Å². The van der Waals surface area contributed by atoms with Crippen LogP contribution in [0.15, 0.2) is 57.5 Å². The summed E-state index contributed by atoms with van der Waals surface area (Å²) in [6.07, 6.45) is -0.325. The SMILES string of the molecule is Cc1cc(OC(C)c2nnc(SCC(=O)Nc3nc(-c4ccc(Br)cc4)cs3)n2C)ccc1Cl. The number of aryl methyl sites for hydroxylation is 1. The average molecular weight is 579 g/mol. The van der Waals surface area contributed by atoms with Crippen molar-refractivity contribution in [2.24, 2.45) is 7.05 Å². The molecule has 0 aliphatic carbocycles. The molecule has 0 radical (unpaired) electrons. The quantitative estimate of drug-likeness (QED) is 0.239. The van der Waals surface area contributed by atoms with E-state index in [0.29, 0.717) is 26.9 Å².